The second kappa shape index (κ2) is 6.52. The largest absolute Gasteiger partial charge is 0.497 e. The van der Waals surface area contributed by atoms with Gasteiger partial charge >= 0.3 is 0 Å². The molecule has 0 aliphatic carbocycles. The highest BCUT2D eigenvalue weighted by Crippen LogP contribution is 2.37. The van der Waals surface area contributed by atoms with Gasteiger partial charge in [0.15, 0.2) is 0 Å². The Bertz CT molecular complexity index is 772. The number of hydrogen-bond donors (Lipinski definition) is 1. The maximum absolute atomic E-state index is 13.1. The average Bonchev–Trinajstić information content (AvgIpc) is 3.25. The average molecular weight is 340 g/mol. The van der Waals surface area contributed by atoms with E-state index in [9.17, 15) is 4.79 Å². The number of methoxy groups -OCH3 is 1. The minimum atomic E-state index is 0.0732. The van der Waals surface area contributed by atoms with Gasteiger partial charge in [-0.3, -0.25) is 9.48 Å². The Kier molecular flexibility index (Phi) is 4.21. The zero-order valence-electron chi connectivity index (χ0n) is 14.7. The smallest absolute Gasteiger partial charge is 0.272 e. The lowest BCUT2D eigenvalue weighted by molar-refractivity contribution is 0.0694. The van der Waals surface area contributed by atoms with E-state index >= 15 is 0 Å². The number of aromatic nitrogens is 2. The first-order valence-electron chi connectivity index (χ1n) is 8.85. The van der Waals surface area contributed by atoms with Gasteiger partial charge in [-0.05, 0) is 43.1 Å². The minimum Gasteiger partial charge on any atom is -0.497 e. The molecule has 2 aliphatic rings. The number of ether oxygens (including phenoxy) is 1. The van der Waals surface area contributed by atoms with Crippen molar-refractivity contribution in [3.63, 3.8) is 0 Å². The Balaban J connectivity index is 1.66. The summed E-state index contributed by atoms with van der Waals surface area (Å²) in [5.74, 6) is 1.21. The number of piperidine rings is 1. The quantitative estimate of drug-likeness (QED) is 0.925. The molecule has 2 saturated heterocycles. The van der Waals surface area contributed by atoms with Gasteiger partial charge in [-0.15, -0.1) is 0 Å². The molecule has 6 heteroatoms. The van der Waals surface area contributed by atoms with Gasteiger partial charge in [0.25, 0.3) is 5.91 Å². The van der Waals surface area contributed by atoms with Crippen LogP contribution in [0.25, 0.3) is 0 Å². The molecule has 1 aromatic heterocycles. The molecule has 3 heterocycles. The zero-order valence-corrected chi connectivity index (χ0v) is 14.7. The van der Waals surface area contributed by atoms with Gasteiger partial charge in [0.05, 0.1) is 7.11 Å². The number of likely N-dealkylation sites (tertiary alicyclic amines) is 1. The monoisotopic (exact) mass is 340 g/mol. The molecule has 0 saturated carbocycles. The Morgan fingerprint density at radius 2 is 2.24 bits per heavy atom. The second-order valence-electron chi connectivity index (χ2n) is 6.87. The molecule has 0 spiro atoms. The first kappa shape index (κ1) is 16.1. The Labute approximate surface area is 147 Å². The molecule has 0 radical (unpaired) electrons. The van der Waals surface area contributed by atoms with Gasteiger partial charge in [-0.2, -0.15) is 5.10 Å². The Morgan fingerprint density at radius 1 is 1.36 bits per heavy atom. The van der Waals surface area contributed by atoms with E-state index in [0.29, 0.717) is 5.69 Å². The third-order valence-electron chi connectivity index (χ3n) is 5.52. The van der Waals surface area contributed by atoms with Gasteiger partial charge in [0.1, 0.15) is 11.4 Å². The molecule has 0 bridgehead atoms. The van der Waals surface area contributed by atoms with Crippen molar-refractivity contribution in [2.75, 3.05) is 20.2 Å². The van der Waals surface area contributed by atoms with Crippen molar-refractivity contribution >= 4 is 5.91 Å². The normalized spacial score (nSPS) is 25.7. The van der Waals surface area contributed by atoms with Gasteiger partial charge in [0, 0.05) is 37.8 Å². The molecule has 1 aromatic carbocycles. The van der Waals surface area contributed by atoms with E-state index in [1.165, 1.54) is 5.56 Å². The molecule has 132 valence electrons. The van der Waals surface area contributed by atoms with Crippen LogP contribution in [-0.2, 0) is 7.05 Å². The Hall–Kier alpha value is -2.34. The predicted molar refractivity (Wildman–Crippen MR) is 94.8 cm³/mol. The summed E-state index contributed by atoms with van der Waals surface area (Å²) >= 11 is 0. The molecule has 2 aliphatic heterocycles. The van der Waals surface area contributed by atoms with Crippen molar-refractivity contribution in [2.24, 2.45) is 7.05 Å². The first-order chi connectivity index (χ1) is 12.2. The van der Waals surface area contributed by atoms with Crippen molar-refractivity contribution < 1.29 is 9.53 Å². The minimum absolute atomic E-state index is 0.0732. The summed E-state index contributed by atoms with van der Waals surface area (Å²) in [5, 5.41) is 7.80. The summed E-state index contributed by atoms with van der Waals surface area (Å²) < 4.78 is 7.05. The van der Waals surface area contributed by atoms with Crippen molar-refractivity contribution in [1.82, 2.24) is 20.0 Å². The standard InChI is InChI=1S/C19H24N4O2/c1-22-17(8-10-21-22)19(24)23-12-15(18-16(23)7-4-9-20-18)13-5-3-6-14(11-13)25-2/h3,5-6,8,10-11,15-16,18,20H,4,7,9,12H2,1-2H3/t15-,16-,18-/m1/s1. The second-order valence-corrected chi connectivity index (χ2v) is 6.87. The van der Waals surface area contributed by atoms with E-state index in [4.69, 9.17) is 4.74 Å². The number of nitrogens with zero attached hydrogens (tertiary/aromatic N) is 3. The molecular formula is C19H24N4O2. The molecule has 3 atom stereocenters. The third kappa shape index (κ3) is 2.80. The molecule has 1 amide bonds. The van der Waals surface area contributed by atoms with Gasteiger partial charge in [0.2, 0.25) is 0 Å². The number of nitrogens with one attached hydrogen (secondary N) is 1. The van der Waals surface area contributed by atoms with E-state index < -0.39 is 0 Å². The number of hydrogen-bond acceptors (Lipinski definition) is 4. The lowest BCUT2D eigenvalue weighted by atomic mass is 9.87. The molecule has 25 heavy (non-hydrogen) atoms. The number of amides is 1. The SMILES string of the molecule is COc1cccc([C@H]2CN(C(=O)c3ccnn3C)[C@@H]3CCCN[C@H]23)c1. The highest BCUT2D eigenvalue weighted by atomic mass is 16.5. The van der Waals surface area contributed by atoms with E-state index in [1.807, 2.05) is 24.1 Å². The molecular weight excluding hydrogens is 316 g/mol. The summed E-state index contributed by atoms with van der Waals surface area (Å²) in [7, 11) is 3.51. The van der Waals surface area contributed by atoms with Gasteiger partial charge in [-0.1, -0.05) is 12.1 Å². The number of aryl methyl sites for hydroxylation is 1. The van der Waals surface area contributed by atoms with Crippen molar-refractivity contribution in [3.8, 4) is 5.75 Å². The highest BCUT2D eigenvalue weighted by molar-refractivity contribution is 5.93. The van der Waals surface area contributed by atoms with Crippen LogP contribution in [0.4, 0.5) is 0 Å². The third-order valence-corrected chi connectivity index (χ3v) is 5.52. The van der Waals surface area contributed by atoms with Crippen molar-refractivity contribution in [2.45, 2.75) is 30.8 Å². The van der Waals surface area contributed by atoms with Crippen LogP contribution in [0.1, 0.15) is 34.8 Å². The number of benzene rings is 1. The summed E-state index contributed by atoms with van der Waals surface area (Å²) in [6.45, 7) is 1.73. The molecule has 6 nitrogen and oxygen atoms in total. The first-order valence-corrected chi connectivity index (χ1v) is 8.85. The fraction of sp³-hybridized carbons (Fsp3) is 0.474. The van der Waals surface area contributed by atoms with Gasteiger partial charge in [-0.25, -0.2) is 0 Å². The maximum Gasteiger partial charge on any atom is 0.272 e. The van der Waals surface area contributed by atoms with Crippen LogP contribution in [0.3, 0.4) is 0 Å². The van der Waals surface area contributed by atoms with Crippen LogP contribution in [0.15, 0.2) is 36.5 Å². The topological polar surface area (TPSA) is 59.4 Å². The molecule has 0 unspecified atom stereocenters. The molecule has 1 N–H and O–H groups in total. The fourth-order valence-corrected chi connectivity index (χ4v) is 4.27. The maximum atomic E-state index is 13.1. The Morgan fingerprint density at radius 3 is 3.00 bits per heavy atom. The number of rotatable bonds is 3. The lowest BCUT2D eigenvalue weighted by Gasteiger charge is -2.33. The highest BCUT2D eigenvalue weighted by Gasteiger charge is 2.45. The number of fused-ring (bicyclic) bond motifs is 1. The van der Waals surface area contributed by atoms with Crippen molar-refractivity contribution in [1.29, 1.82) is 0 Å². The summed E-state index contributed by atoms with van der Waals surface area (Å²) in [4.78, 5) is 15.1. The molecule has 4 rings (SSSR count). The van der Waals surface area contributed by atoms with Crippen LogP contribution in [0.2, 0.25) is 0 Å². The fourth-order valence-electron chi connectivity index (χ4n) is 4.27. The predicted octanol–water partition coefficient (Wildman–Crippen LogP) is 1.79. The van der Waals surface area contributed by atoms with Crippen LogP contribution in [0, 0.1) is 0 Å². The van der Waals surface area contributed by atoms with E-state index in [-0.39, 0.29) is 23.9 Å². The number of carbonyl (C=O) groups is 1. The summed E-state index contributed by atoms with van der Waals surface area (Å²) in [5.41, 5.74) is 1.87. The van der Waals surface area contributed by atoms with Gasteiger partial charge < -0.3 is 15.0 Å². The van der Waals surface area contributed by atoms with E-state index in [0.717, 1.165) is 31.7 Å². The van der Waals surface area contributed by atoms with E-state index in [2.05, 4.69) is 22.5 Å². The molecule has 2 aromatic rings. The zero-order chi connectivity index (χ0) is 17.4. The van der Waals surface area contributed by atoms with E-state index in [1.54, 1.807) is 24.1 Å². The van der Waals surface area contributed by atoms with Crippen LogP contribution < -0.4 is 10.1 Å². The van der Waals surface area contributed by atoms with Crippen LogP contribution in [0.5, 0.6) is 5.75 Å². The summed E-state index contributed by atoms with van der Waals surface area (Å²) in [6, 6.07) is 10.5. The molecule has 2 fully saturated rings. The van der Waals surface area contributed by atoms with Crippen molar-refractivity contribution in [3.05, 3.63) is 47.8 Å². The van der Waals surface area contributed by atoms with Crippen LogP contribution in [-0.4, -0.2) is 52.9 Å². The summed E-state index contributed by atoms with van der Waals surface area (Å²) in [6.07, 6.45) is 3.82. The lowest BCUT2D eigenvalue weighted by Crippen LogP contribution is -2.49. The van der Waals surface area contributed by atoms with Crippen LogP contribution >= 0.6 is 0 Å². The number of carbonyl (C=O) groups excluding carboxylic acids is 1.